The maximum Gasteiger partial charge on any atom is 0.235 e. The van der Waals surface area contributed by atoms with Crippen molar-refractivity contribution in [3.05, 3.63) is 28.0 Å². The van der Waals surface area contributed by atoms with Crippen molar-refractivity contribution in [2.45, 2.75) is 18.3 Å². The van der Waals surface area contributed by atoms with Crippen LogP contribution in [0.1, 0.15) is 18.4 Å². The van der Waals surface area contributed by atoms with E-state index < -0.39 is 5.41 Å². The quantitative estimate of drug-likeness (QED) is 0.759. The third kappa shape index (κ3) is 0.823. The number of halogens is 2. The Labute approximate surface area is 88.6 Å². The van der Waals surface area contributed by atoms with Crippen LogP contribution in [0.4, 0.5) is 10.1 Å². The molecule has 0 bridgehead atoms. The van der Waals surface area contributed by atoms with Crippen LogP contribution in [0.25, 0.3) is 0 Å². The van der Waals surface area contributed by atoms with E-state index in [0.29, 0.717) is 4.47 Å². The highest BCUT2D eigenvalue weighted by Gasteiger charge is 2.57. The summed E-state index contributed by atoms with van der Waals surface area (Å²) in [4.78, 5) is 11.6. The number of anilines is 1. The monoisotopic (exact) mass is 255 g/mol. The van der Waals surface area contributed by atoms with E-state index >= 15 is 0 Å². The molecule has 14 heavy (non-hydrogen) atoms. The second-order valence-electron chi connectivity index (χ2n) is 3.82. The molecule has 0 aromatic heterocycles. The van der Waals surface area contributed by atoms with Crippen molar-refractivity contribution >= 4 is 27.5 Å². The van der Waals surface area contributed by atoms with Crippen LogP contribution in [-0.2, 0) is 10.2 Å². The summed E-state index contributed by atoms with van der Waals surface area (Å²) in [5, 5.41) is 2.78. The van der Waals surface area contributed by atoms with Gasteiger partial charge in [-0.05, 0) is 40.9 Å². The molecule has 0 atom stereocenters. The highest BCUT2D eigenvalue weighted by Crippen LogP contribution is 2.57. The van der Waals surface area contributed by atoms with Crippen LogP contribution in [0.15, 0.2) is 16.6 Å². The Bertz CT molecular complexity index is 454. The first-order valence-corrected chi connectivity index (χ1v) is 5.24. The zero-order valence-corrected chi connectivity index (χ0v) is 8.82. The van der Waals surface area contributed by atoms with Gasteiger partial charge in [-0.3, -0.25) is 4.79 Å². The van der Waals surface area contributed by atoms with Gasteiger partial charge in [0.1, 0.15) is 5.82 Å². The molecule has 1 aromatic rings. The van der Waals surface area contributed by atoms with E-state index in [2.05, 4.69) is 21.2 Å². The van der Waals surface area contributed by atoms with Gasteiger partial charge < -0.3 is 5.32 Å². The number of hydrogen-bond donors (Lipinski definition) is 1. The van der Waals surface area contributed by atoms with Gasteiger partial charge in [0.05, 0.1) is 9.89 Å². The molecule has 0 saturated heterocycles. The molecule has 3 rings (SSSR count). The molecule has 1 N–H and O–H groups in total. The molecular weight excluding hydrogens is 249 g/mol. The minimum Gasteiger partial charge on any atom is -0.325 e. The van der Waals surface area contributed by atoms with Crippen molar-refractivity contribution in [2.24, 2.45) is 0 Å². The molecule has 2 aliphatic rings. The summed E-state index contributed by atoms with van der Waals surface area (Å²) in [6.07, 6.45) is 1.65. The van der Waals surface area contributed by atoms with E-state index in [4.69, 9.17) is 0 Å². The van der Waals surface area contributed by atoms with E-state index in [0.717, 1.165) is 24.1 Å². The first kappa shape index (κ1) is 8.41. The van der Waals surface area contributed by atoms with Gasteiger partial charge in [-0.25, -0.2) is 4.39 Å². The minimum atomic E-state index is -0.420. The van der Waals surface area contributed by atoms with Crippen LogP contribution in [0.5, 0.6) is 0 Å². The lowest BCUT2D eigenvalue weighted by atomic mass is 9.98. The fraction of sp³-hybridized carbons (Fsp3) is 0.300. The predicted molar refractivity (Wildman–Crippen MR) is 53.6 cm³/mol. The molecule has 1 saturated carbocycles. The number of carbonyl (C=O) groups excluding carboxylic acids is 1. The van der Waals surface area contributed by atoms with Gasteiger partial charge in [0.25, 0.3) is 0 Å². The molecule has 1 fully saturated rings. The average Bonchev–Trinajstić information content (AvgIpc) is 2.87. The summed E-state index contributed by atoms with van der Waals surface area (Å²) in [5.41, 5.74) is 1.14. The van der Waals surface area contributed by atoms with E-state index in [1.165, 1.54) is 6.07 Å². The normalized spacial score (nSPS) is 20.9. The Morgan fingerprint density at radius 3 is 2.79 bits per heavy atom. The second-order valence-corrected chi connectivity index (χ2v) is 4.61. The molecular formula is C10H7BrFNO. The number of carbonyl (C=O) groups is 1. The van der Waals surface area contributed by atoms with Crippen LogP contribution >= 0.6 is 15.9 Å². The number of hydrogen-bond acceptors (Lipinski definition) is 1. The number of nitrogens with one attached hydrogen (secondary N) is 1. The lowest BCUT2D eigenvalue weighted by molar-refractivity contribution is -0.117. The van der Waals surface area contributed by atoms with Gasteiger partial charge >= 0.3 is 0 Å². The molecule has 72 valence electrons. The molecule has 1 aliphatic carbocycles. The Morgan fingerprint density at radius 2 is 2.14 bits per heavy atom. The molecule has 1 spiro atoms. The summed E-state index contributed by atoms with van der Waals surface area (Å²) in [5.74, 6) is -0.287. The molecule has 1 aromatic carbocycles. The smallest absolute Gasteiger partial charge is 0.235 e. The SMILES string of the molecule is O=C1Nc2ccc(F)c(Br)c2C12CC2. The Morgan fingerprint density at radius 1 is 1.43 bits per heavy atom. The summed E-state index contributed by atoms with van der Waals surface area (Å²) in [7, 11) is 0. The molecule has 1 heterocycles. The van der Waals surface area contributed by atoms with E-state index in [1.54, 1.807) is 6.07 Å². The topological polar surface area (TPSA) is 29.1 Å². The molecule has 0 unspecified atom stereocenters. The lowest BCUT2D eigenvalue weighted by Crippen LogP contribution is -2.18. The van der Waals surface area contributed by atoms with Crippen LogP contribution in [0.2, 0.25) is 0 Å². The Kier molecular flexibility index (Phi) is 1.42. The second kappa shape index (κ2) is 2.37. The first-order valence-electron chi connectivity index (χ1n) is 4.45. The van der Waals surface area contributed by atoms with Crippen LogP contribution in [-0.4, -0.2) is 5.91 Å². The van der Waals surface area contributed by atoms with Crippen LogP contribution in [0.3, 0.4) is 0 Å². The summed E-state index contributed by atoms with van der Waals surface area (Å²) < 4.78 is 13.7. The van der Waals surface area contributed by atoms with Crippen molar-refractivity contribution < 1.29 is 9.18 Å². The Balaban J connectivity index is 2.31. The molecule has 1 amide bonds. The average molecular weight is 256 g/mol. The van der Waals surface area contributed by atoms with E-state index in [9.17, 15) is 9.18 Å². The summed E-state index contributed by atoms with van der Waals surface area (Å²) in [6.45, 7) is 0. The molecule has 2 nitrogen and oxygen atoms in total. The van der Waals surface area contributed by atoms with Gasteiger partial charge in [0.15, 0.2) is 0 Å². The molecule has 0 radical (unpaired) electrons. The van der Waals surface area contributed by atoms with Gasteiger partial charge in [-0.2, -0.15) is 0 Å². The number of benzene rings is 1. The standard InChI is InChI=1S/C10H7BrFNO/c11-8-5(12)1-2-6-7(8)10(3-4-10)9(14)13-6/h1-2H,3-4H2,(H,13,14). The van der Waals surface area contributed by atoms with Crippen molar-refractivity contribution in [3.8, 4) is 0 Å². The number of fused-ring (bicyclic) bond motifs is 2. The highest BCUT2D eigenvalue weighted by atomic mass is 79.9. The largest absolute Gasteiger partial charge is 0.325 e. The molecule has 1 aliphatic heterocycles. The van der Waals surface area contributed by atoms with Crippen LogP contribution in [0, 0.1) is 5.82 Å². The Hall–Kier alpha value is -0.900. The summed E-state index contributed by atoms with van der Waals surface area (Å²) >= 11 is 3.21. The van der Waals surface area contributed by atoms with Crippen LogP contribution < -0.4 is 5.32 Å². The van der Waals surface area contributed by atoms with E-state index in [1.807, 2.05) is 0 Å². The van der Waals surface area contributed by atoms with Gasteiger partial charge in [-0.1, -0.05) is 0 Å². The third-order valence-electron chi connectivity index (χ3n) is 3.01. The number of rotatable bonds is 0. The van der Waals surface area contributed by atoms with Crippen molar-refractivity contribution in [2.75, 3.05) is 5.32 Å². The maximum absolute atomic E-state index is 13.3. The van der Waals surface area contributed by atoms with Crippen molar-refractivity contribution in [3.63, 3.8) is 0 Å². The molecule has 4 heteroatoms. The van der Waals surface area contributed by atoms with Crippen molar-refractivity contribution in [1.82, 2.24) is 0 Å². The predicted octanol–water partition coefficient (Wildman–Crippen LogP) is 2.57. The zero-order chi connectivity index (χ0) is 9.92. The minimum absolute atomic E-state index is 0.0128. The zero-order valence-electron chi connectivity index (χ0n) is 7.23. The van der Waals surface area contributed by atoms with Gasteiger partial charge in [-0.15, -0.1) is 0 Å². The van der Waals surface area contributed by atoms with Crippen molar-refractivity contribution in [1.29, 1.82) is 0 Å². The number of amides is 1. The van der Waals surface area contributed by atoms with Gasteiger partial charge in [0, 0.05) is 11.3 Å². The first-order chi connectivity index (χ1) is 6.65. The third-order valence-corrected chi connectivity index (χ3v) is 3.78. The van der Waals surface area contributed by atoms with Gasteiger partial charge in [0.2, 0.25) is 5.91 Å². The fourth-order valence-electron chi connectivity index (χ4n) is 2.08. The summed E-state index contributed by atoms with van der Waals surface area (Å²) in [6, 6.07) is 2.99. The lowest BCUT2D eigenvalue weighted by Gasteiger charge is -2.07. The highest BCUT2D eigenvalue weighted by molar-refractivity contribution is 9.10. The maximum atomic E-state index is 13.3. The van der Waals surface area contributed by atoms with E-state index in [-0.39, 0.29) is 11.7 Å². The fourth-order valence-corrected chi connectivity index (χ4v) is 2.81.